The minimum absolute atomic E-state index is 0.0956. The number of amides is 2. The number of thiazole rings is 1. The largest absolute Gasteiger partial charge is 0.494 e. The maximum absolute atomic E-state index is 12.7. The Hall–Kier alpha value is -2.45. The zero-order valence-electron chi connectivity index (χ0n) is 18.7. The summed E-state index contributed by atoms with van der Waals surface area (Å²) in [5, 5.41) is 2.87. The van der Waals surface area contributed by atoms with E-state index in [-0.39, 0.29) is 11.8 Å². The number of ether oxygens (including phenoxy) is 1. The van der Waals surface area contributed by atoms with Crippen molar-refractivity contribution in [2.45, 2.75) is 27.2 Å². The molecule has 1 aromatic carbocycles. The van der Waals surface area contributed by atoms with Gasteiger partial charge in [-0.2, -0.15) is 0 Å². The Bertz CT molecular complexity index is 856. The molecule has 7 nitrogen and oxygen atoms in total. The molecule has 1 aliphatic heterocycles. The number of carbonyl (C=O) groups excluding carboxylic acids is 2. The lowest BCUT2D eigenvalue weighted by atomic mass is 10.2. The van der Waals surface area contributed by atoms with Crippen molar-refractivity contribution in [1.82, 2.24) is 19.7 Å². The van der Waals surface area contributed by atoms with Crippen molar-refractivity contribution >= 4 is 23.2 Å². The first-order valence-electron chi connectivity index (χ1n) is 11.0. The average molecular weight is 445 g/mol. The number of aromatic nitrogens is 1. The topological polar surface area (TPSA) is 66.0 Å². The fraction of sp³-hybridized carbons (Fsp3) is 0.522. The maximum atomic E-state index is 12.7. The van der Waals surface area contributed by atoms with E-state index in [1.54, 1.807) is 11.3 Å². The predicted molar refractivity (Wildman–Crippen MR) is 123 cm³/mol. The van der Waals surface area contributed by atoms with Gasteiger partial charge in [-0.1, -0.05) is 0 Å². The quantitative estimate of drug-likeness (QED) is 0.595. The molecular formula is C23H32N4O3S. The average Bonchev–Trinajstić information content (AvgIpc) is 3.24. The van der Waals surface area contributed by atoms with Gasteiger partial charge >= 0.3 is 0 Å². The van der Waals surface area contributed by atoms with Gasteiger partial charge in [-0.05, 0) is 45.0 Å². The summed E-state index contributed by atoms with van der Waals surface area (Å²) in [4.78, 5) is 35.6. The van der Waals surface area contributed by atoms with Crippen LogP contribution in [0.1, 0.15) is 26.5 Å². The molecule has 8 heteroatoms. The number of hydrogen-bond donors (Lipinski definition) is 0. The molecule has 0 radical (unpaired) electrons. The molecular weight excluding hydrogens is 412 g/mol. The molecule has 0 bridgehead atoms. The van der Waals surface area contributed by atoms with Crippen molar-refractivity contribution < 1.29 is 14.3 Å². The second kappa shape index (κ2) is 11.2. The van der Waals surface area contributed by atoms with Gasteiger partial charge in [0.15, 0.2) is 0 Å². The molecule has 168 valence electrons. The van der Waals surface area contributed by atoms with Crippen LogP contribution in [-0.2, 0) is 16.0 Å². The number of benzene rings is 1. The second-order valence-corrected chi connectivity index (χ2v) is 8.36. The van der Waals surface area contributed by atoms with Crippen molar-refractivity contribution in [2.75, 3.05) is 52.4 Å². The fourth-order valence-corrected chi connectivity index (χ4v) is 4.50. The highest BCUT2D eigenvalue weighted by molar-refractivity contribution is 7.13. The van der Waals surface area contributed by atoms with Gasteiger partial charge in [-0.15, -0.1) is 11.3 Å². The van der Waals surface area contributed by atoms with Crippen LogP contribution in [0.25, 0.3) is 10.6 Å². The third kappa shape index (κ3) is 6.27. The summed E-state index contributed by atoms with van der Waals surface area (Å²) in [6.45, 7) is 11.3. The molecule has 1 aliphatic rings. The smallest absolute Gasteiger partial charge is 0.236 e. The van der Waals surface area contributed by atoms with Crippen LogP contribution in [0.3, 0.4) is 0 Å². The van der Waals surface area contributed by atoms with Crippen molar-refractivity contribution in [1.29, 1.82) is 0 Å². The van der Waals surface area contributed by atoms with E-state index in [1.807, 2.05) is 60.2 Å². The summed E-state index contributed by atoms with van der Waals surface area (Å²) in [5.41, 5.74) is 1.83. The highest BCUT2D eigenvalue weighted by Gasteiger charge is 2.24. The second-order valence-electron chi connectivity index (χ2n) is 7.50. The van der Waals surface area contributed by atoms with E-state index in [2.05, 4.69) is 9.88 Å². The first-order chi connectivity index (χ1) is 15.0. The normalized spacial score (nSPS) is 14.5. The molecule has 1 fully saturated rings. The summed E-state index contributed by atoms with van der Waals surface area (Å²) >= 11 is 1.55. The number of nitrogens with zero attached hydrogens (tertiary/aromatic N) is 4. The Balaban J connectivity index is 1.49. The van der Waals surface area contributed by atoms with Crippen LogP contribution in [-0.4, -0.2) is 83.9 Å². The van der Waals surface area contributed by atoms with Crippen LogP contribution < -0.4 is 4.74 Å². The summed E-state index contributed by atoms with van der Waals surface area (Å²) in [5.74, 6) is 1.10. The van der Waals surface area contributed by atoms with E-state index < -0.39 is 0 Å². The molecule has 2 heterocycles. The van der Waals surface area contributed by atoms with Gasteiger partial charge < -0.3 is 14.5 Å². The summed E-state index contributed by atoms with van der Waals surface area (Å²) in [6, 6.07) is 7.87. The van der Waals surface area contributed by atoms with E-state index in [0.717, 1.165) is 48.2 Å². The molecule has 31 heavy (non-hydrogen) atoms. The summed E-state index contributed by atoms with van der Waals surface area (Å²) in [7, 11) is 0. The number of hydrogen-bond acceptors (Lipinski definition) is 6. The van der Waals surface area contributed by atoms with Crippen LogP contribution in [0.5, 0.6) is 5.75 Å². The molecule has 0 saturated carbocycles. The predicted octanol–water partition coefficient (Wildman–Crippen LogP) is 2.76. The van der Waals surface area contributed by atoms with Gasteiger partial charge in [0.25, 0.3) is 0 Å². The molecule has 0 N–H and O–H groups in total. The molecule has 2 amide bonds. The van der Waals surface area contributed by atoms with Gasteiger partial charge in [0.1, 0.15) is 10.8 Å². The van der Waals surface area contributed by atoms with E-state index >= 15 is 0 Å². The van der Waals surface area contributed by atoms with Crippen LogP contribution in [0.4, 0.5) is 0 Å². The Kier molecular flexibility index (Phi) is 8.43. The number of piperazine rings is 1. The van der Waals surface area contributed by atoms with Crippen LogP contribution >= 0.6 is 11.3 Å². The number of rotatable bonds is 9. The zero-order chi connectivity index (χ0) is 22.2. The van der Waals surface area contributed by atoms with Crippen molar-refractivity contribution in [3.05, 3.63) is 35.3 Å². The third-order valence-electron chi connectivity index (χ3n) is 5.50. The Labute approximate surface area is 188 Å². The Morgan fingerprint density at radius 2 is 1.74 bits per heavy atom. The standard InChI is InChI=1S/C23H32N4O3S/c1-4-26(5-2)22(29)16-25-11-13-27(14-12-25)21(28)15-19-17-31-23(24-19)18-7-9-20(10-8-18)30-6-3/h7-10,17H,4-6,11-16H2,1-3H3. The third-order valence-corrected chi connectivity index (χ3v) is 6.44. The molecule has 3 rings (SSSR count). The lowest BCUT2D eigenvalue weighted by Gasteiger charge is -2.35. The molecule has 0 aliphatic carbocycles. The van der Waals surface area contributed by atoms with E-state index in [0.29, 0.717) is 32.7 Å². The molecule has 2 aromatic rings. The molecule has 1 saturated heterocycles. The number of carbonyl (C=O) groups is 2. The molecule has 0 unspecified atom stereocenters. The fourth-order valence-electron chi connectivity index (χ4n) is 3.67. The Morgan fingerprint density at radius 1 is 1.06 bits per heavy atom. The van der Waals surface area contributed by atoms with Crippen molar-refractivity contribution in [2.24, 2.45) is 0 Å². The summed E-state index contributed by atoms with van der Waals surface area (Å²) < 4.78 is 5.48. The number of likely N-dealkylation sites (N-methyl/N-ethyl adjacent to an activating group) is 1. The lowest BCUT2D eigenvalue weighted by molar-refractivity contribution is -0.134. The molecule has 0 spiro atoms. The van der Waals surface area contributed by atoms with Gasteiger partial charge in [-0.3, -0.25) is 14.5 Å². The van der Waals surface area contributed by atoms with Crippen molar-refractivity contribution in [3.8, 4) is 16.3 Å². The molecule has 0 atom stereocenters. The monoisotopic (exact) mass is 444 g/mol. The first kappa shape index (κ1) is 23.2. The highest BCUT2D eigenvalue weighted by Crippen LogP contribution is 2.26. The van der Waals surface area contributed by atoms with Crippen LogP contribution in [0, 0.1) is 0 Å². The summed E-state index contributed by atoms with van der Waals surface area (Å²) in [6.07, 6.45) is 0.311. The van der Waals surface area contributed by atoms with Crippen LogP contribution in [0.15, 0.2) is 29.6 Å². The van der Waals surface area contributed by atoms with Crippen molar-refractivity contribution in [3.63, 3.8) is 0 Å². The van der Waals surface area contributed by atoms with Crippen LogP contribution in [0.2, 0.25) is 0 Å². The van der Waals surface area contributed by atoms with E-state index in [1.165, 1.54) is 0 Å². The minimum atomic E-state index is 0.0956. The van der Waals surface area contributed by atoms with E-state index in [4.69, 9.17) is 4.74 Å². The van der Waals surface area contributed by atoms with Gasteiger partial charge in [-0.25, -0.2) is 4.98 Å². The van der Waals surface area contributed by atoms with Gasteiger partial charge in [0.05, 0.1) is 25.3 Å². The highest BCUT2D eigenvalue weighted by atomic mass is 32.1. The SMILES string of the molecule is CCOc1ccc(-c2nc(CC(=O)N3CCN(CC(=O)N(CC)CC)CC3)cs2)cc1. The van der Waals surface area contributed by atoms with E-state index in [9.17, 15) is 9.59 Å². The maximum Gasteiger partial charge on any atom is 0.236 e. The zero-order valence-corrected chi connectivity index (χ0v) is 19.5. The molecule has 1 aromatic heterocycles. The van der Waals surface area contributed by atoms with Gasteiger partial charge in [0.2, 0.25) is 11.8 Å². The van der Waals surface area contributed by atoms with Gasteiger partial charge in [0, 0.05) is 50.2 Å². The Morgan fingerprint density at radius 3 is 2.35 bits per heavy atom. The lowest BCUT2D eigenvalue weighted by Crippen LogP contribution is -2.51. The first-order valence-corrected chi connectivity index (χ1v) is 11.9. The minimum Gasteiger partial charge on any atom is -0.494 e.